The van der Waals surface area contributed by atoms with E-state index in [4.69, 9.17) is 0 Å². The molecule has 1 aromatic carbocycles. The number of hydrogen-bond acceptors (Lipinski definition) is 2. The number of halogens is 1. The molecule has 0 saturated heterocycles. The summed E-state index contributed by atoms with van der Waals surface area (Å²) >= 11 is 0. The Bertz CT molecular complexity index is 235. The van der Waals surface area contributed by atoms with Gasteiger partial charge in [0.2, 0.25) is 0 Å². The molecule has 66 valence electrons. The molecule has 0 aromatic heterocycles. The molecule has 12 heavy (non-hydrogen) atoms. The zero-order valence-corrected chi connectivity index (χ0v) is 8.61. The van der Waals surface area contributed by atoms with Crippen molar-refractivity contribution in [3.63, 3.8) is 0 Å². The fourth-order valence-electron chi connectivity index (χ4n) is 0.796. The quantitative estimate of drug-likeness (QED) is 0.278. The van der Waals surface area contributed by atoms with Gasteiger partial charge in [0.25, 0.3) is 0 Å². The fourth-order valence-corrected chi connectivity index (χ4v) is 0.796. The molecule has 3 nitrogen and oxygen atoms in total. The largest absolute Gasteiger partial charge is 1.00 e. The van der Waals surface area contributed by atoms with Crippen LogP contribution in [0.15, 0.2) is 30.8 Å². The van der Waals surface area contributed by atoms with E-state index in [1.807, 2.05) is 24.3 Å². The summed E-state index contributed by atoms with van der Waals surface area (Å²) in [5.41, 5.74) is 5.03. The molecule has 0 heterocycles. The minimum Gasteiger partial charge on any atom is -1.00 e. The van der Waals surface area contributed by atoms with Crippen LogP contribution in [0.1, 0.15) is 5.56 Å². The monoisotopic (exact) mass is 277 g/mol. The predicted octanol–water partition coefficient (Wildman–Crippen LogP) is -2.47. The zero-order chi connectivity index (χ0) is 8.10. The first-order valence-corrected chi connectivity index (χ1v) is 3.30. The molecule has 0 bridgehead atoms. The van der Waals surface area contributed by atoms with Crippen molar-refractivity contribution in [1.29, 1.82) is 0 Å². The first-order valence-electron chi connectivity index (χ1n) is 3.30. The lowest BCUT2D eigenvalue weighted by Gasteiger charge is -2.03. The minimum atomic E-state index is 0. The molecule has 0 aliphatic heterocycles. The van der Waals surface area contributed by atoms with Crippen LogP contribution in [0.3, 0.4) is 0 Å². The minimum absolute atomic E-state index is 0. The average Bonchev–Trinajstić information content (AvgIpc) is 2.07. The van der Waals surface area contributed by atoms with E-state index in [9.17, 15) is 5.21 Å². The van der Waals surface area contributed by atoms with Gasteiger partial charge in [0.15, 0.2) is 0 Å². The lowest BCUT2D eigenvalue weighted by molar-refractivity contribution is -0.623. The number of nitrogens with two attached hydrogens (primary N) is 1. The summed E-state index contributed by atoms with van der Waals surface area (Å²) in [7, 11) is 0. The predicted molar refractivity (Wildman–Crippen MR) is 44.6 cm³/mol. The summed E-state index contributed by atoms with van der Waals surface area (Å²) in [4.78, 5) is 0. The molecule has 0 fully saturated rings. The molecule has 3 N–H and O–H groups in total. The van der Waals surface area contributed by atoms with Crippen molar-refractivity contribution in [2.24, 2.45) is 0 Å². The van der Waals surface area contributed by atoms with Gasteiger partial charge in [-0.1, -0.05) is 12.7 Å². The molecule has 0 aliphatic rings. The second kappa shape index (κ2) is 6.13. The van der Waals surface area contributed by atoms with Crippen LogP contribution in [-0.4, -0.2) is 0 Å². The van der Waals surface area contributed by atoms with Crippen LogP contribution in [0.5, 0.6) is 0 Å². The molecule has 0 unspecified atom stereocenters. The van der Waals surface area contributed by atoms with Gasteiger partial charge in [0.05, 0.1) is 0 Å². The SMILES string of the molecule is C=Cc1ccc([NH2+]N[O-])cc1.[I-]. The molecular weight excluding hydrogens is 267 g/mol. The van der Waals surface area contributed by atoms with Crippen molar-refractivity contribution in [1.82, 2.24) is 5.59 Å². The number of quaternary nitrogens is 1. The highest BCUT2D eigenvalue weighted by molar-refractivity contribution is 5.49. The lowest BCUT2D eigenvalue weighted by atomic mass is 10.2. The van der Waals surface area contributed by atoms with Crippen molar-refractivity contribution < 1.29 is 29.4 Å². The van der Waals surface area contributed by atoms with E-state index >= 15 is 0 Å². The van der Waals surface area contributed by atoms with Gasteiger partial charge in [-0.05, 0) is 17.7 Å². The Balaban J connectivity index is 0.00000121. The number of benzene rings is 1. The first kappa shape index (κ1) is 11.6. The van der Waals surface area contributed by atoms with Gasteiger partial charge < -0.3 is 29.2 Å². The number of nitrogens with one attached hydrogen (secondary N) is 1. The Morgan fingerprint density at radius 1 is 1.33 bits per heavy atom. The molecule has 0 saturated carbocycles. The van der Waals surface area contributed by atoms with Gasteiger partial charge in [-0.15, -0.1) is 0 Å². The summed E-state index contributed by atoms with van der Waals surface area (Å²) in [5, 5.41) is 9.93. The van der Waals surface area contributed by atoms with E-state index in [1.54, 1.807) is 11.7 Å². The van der Waals surface area contributed by atoms with Crippen molar-refractivity contribution in [3.8, 4) is 0 Å². The topological polar surface area (TPSA) is 51.7 Å². The summed E-state index contributed by atoms with van der Waals surface area (Å²) in [6.45, 7) is 3.62. The lowest BCUT2D eigenvalue weighted by Crippen LogP contribution is -3.00. The third kappa shape index (κ3) is 3.31. The van der Waals surface area contributed by atoms with Crippen molar-refractivity contribution >= 4 is 11.8 Å². The molecular formula is C8H10IN2O-. The maximum Gasteiger partial charge on any atom is 0.147 e. The third-order valence-corrected chi connectivity index (χ3v) is 1.40. The second-order valence-electron chi connectivity index (χ2n) is 2.13. The van der Waals surface area contributed by atoms with Crippen molar-refractivity contribution in [2.75, 3.05) is 0 Å². The molecule has 0 aliphatic carbocycles. The molecule has 0 spiro atoms. The Hall–Kier alpha value is -0.430. The molecule has 4 heteroatoms. The molecule has 0 atom stereocenters. The van der Waals surface area contributed by atoms with Crippen molar-refractivity contribution in [3.05, 3.63) is 41.6 Å². The highest BCUT2D eigenvalue weighted by Gasteiger charge is 1.90. The molecule has 0 radical (unpaired) electrons. The van der Waals surface area contributed by atoms with Crippen LogP contribution in [0.4, 0.5) is 5.69 Å². The standard InChI is InChI=1S/C8H9N2O.HI/c1-2-7-3-5-8(6-4-7)9-10-11;/h2-6,9-10H,1H2;1H/q-1;. The van der Waals surface area contributed by atoms with Crippen LogP contribution in [-0.2, 0) is 0 Å². The van der Waals surface area contributed by atoms with Crippen LogP contribution in [0.2, 0.25) is 0 Å². The Labute approximate surface area is 88.4 Å². The van der Waals surface area contributed by atoms with Gasteiger partial charge in [-0.2, -0.15) is 0 Å². The molecule has 1 rings (SSSR count). The number of hydrogen-bond donors (Lipinski definition) is 2. The van der Waals surface area contributed by atoms with Crippen LogP contribution in [0, 0.1) is 5.21 Å². The van der Waals surface area contributed by atoms with Crippen molar-refractivity contribution in [2.45, 2.75) is 0 Å². The average molecular weight is 277 g/mol. The van der Waals surface area contributed by atoms with Crippen LogP contribution < -0.4 is 35.0 Å². The maximum absolute atomic E-state index is 9.93. The Morgan fingerprint density at radius 3 is 2.33 bits per heavy atom. The van der Waals surface area contributed by atoms with Crippen LogP contribution in [0.25, 0.3) is 6.08 Å². The molecule has 0 amide bonds. The van der Waals surface area contributed by atoms with Gasteiger partial charge in [-0.3, -0.25) is 0 Å². The highest BCUT2D eigenvalue weighted by Crippen LogP contribution is 2.04. The fraction of sp³-hybridized carbons (Fsp3) is 0. The number of rotatable bonds is 3. The second-order valence-corrected chi connectivity index (χ2v) is 2.13. The van der Waals surface area contributed by atoms with E-state index in [0.29, 0.717) is 0 Å². The van der Waals surface area contributed by atoms with Gasteiger partial charge >= 0.3 is 0 Å². The smallest absolute Gasteiger partial charge is 0.147 e. The van der Waals surface area contributed by atoms with E-state index in [1.165, 1.54) is 5.43 Å². The highest BCUT2D eigenvalue weighted by atomic mass is 127. The van der Waals surface area contributed by atoms with Gasteiger partial charge in [0.1, 0.15) is 5.69 Å². The van der Waals surface area contributed by atoms with E-state index < -0.39 is 0 Å². The first-order chi connectivity index (χ1) is 5.36. The van der Waals surface area contributed by atoms with Gasteiger partial charge in [0, 0.05) is 12.1 Å². The molecule has 1 aromatic rings. The summed E-state index contributed by atoms with van der Waals surface area (Å²) in [5.74, 6) is 0. The zero-order valence-electron chi connectivity index (χ0n) is 6.46. The van der Waals surface area contributed by atoms with E-state index in [0.717, 1.165) is 11.3 Å². The summed E-state index contributed by atoms with van der Waals surface area (Å²) in [6, 6.07) is 7.50. The van der Waals surface area contributed by atoms with Crippen LogP contribution >= 0.6 is 0 Å². The van der Waals surface area contributed by atoms with E-state index in [-0.39, 0.29) is 24.0 Å². The maximum atomic E-state index is 9.93. The van der Waals surface area contributed by atoms with Gasteiger partial charge in [-0.25, -0.2) is 11.0 Å². The normalized spacial score (nSPS) is 8.75. The third-order valence-electron chi connectivity index (χ3n) is 1.40. The van der Waals surface area contributed by atoms with E-state index in [2.05, 4.69) is 6.58 Å². The Kier molecular flexibility index (Phi) is 5.91. The Morgan fingerprint density at radius 2 is 1.92 bits per heavy atom. The summed E-state index contributed by atoms with van der Waals surface area (Å²) < 4.78 is 0. The summed E-state index contributed by atoms with van der Waals surface area (Å²) in [6.07, 6.45) is 1.76.